The van der Waals surface area contributed by atoms with Gasteiger partial charge in [-0.05, 0) is 62.9 Å². The van der Waals surface area contributed by atoms with Gasteiger partial charge in [0.25, 0.3) is 5.91 Å². The van der Waals surface area contributed by atoms with Gasteiger partial charge < -0.3 is 11.1 Å². The van der Waals surface area contributed by atoms with Gasteiger partial charge in [0.15, 0.2) is 0 Å². The summed E-state index contributed by atoms with van der Waals surface area (Å²) in [4.78, 5) is 12.5. The molecule has 1 saturated carbocycles. The number of nitrogens with zero attached hydrogens (tertiary/aromatic N) is 2. The first-order valence-electron chi connectivity index (χ1n) is 9.17. The molecule has 2 unspecified atom stereocenters. The van der Waals surface area contributed by atoms with Crippen molar-refractivity contribution < 1.29 is 4.79 Å². The molecule has 0 bridgehead atoms. The third kappa shape index (κ3) is 4.28. The van der Waals surface area contributed by atoms with Crippen LogP contribution in [0.4, 0.5) is 0 Å². The lowest BCUT2D eigenvalue weighted by Gasteiger charge is -2.31. The number of amides is 1. The zero-order valence-electron chi connectivity index (χ0n) is 15.2. The molecule has 2 atom stereocenters. The number of benzene rings is 1. The standard InChI is InChI=1S/C20H28N4O/c1-14-11-15(2)24(23-14)13-16-7-9-17(10-8-16)20(25)22-19-6-4-3-5-18(19)12-21/h7-11,18-19H,3-6,12-13,21H2,1-2H3,(H,22,25). The van der Waals surface area contributed by atoms with E-state index in [-0.39, 0.29) is 11.9 Å². The highest BCUT2D eigenvalue weighted by Gasteiger charge is 2.25. The Morgan fingerprint density at radius 1 is 1.24 bits per heavy atom. The van der Waals surface area contributed by atoms with Gasteiger partial charge in [0.2, 0.25) is 0 Å². The highest BCUT2D eigenvalue weighted by atomic mass is 16.1. The van der Waals surface area contributed by atoms with E-state index in [2.05, 4.69) is 23.4 Å². The molecule has 1 aromatic heterocycles. The Balaban J connectivity index is 1.63. The summed E-state index contributed by atoms with van der Waals surface area (Å²) in [6, 6.07) is 10.1. The highest BCUT2D eigenvalue weighted by Crippen LogP contribution is 2.23. The van der Waals surface area contributed by atoms with Gasteiger partial charge in [-0.1, -0.05) is 25.0 Å². The average Bonchev–Trinajstić information content (AvgIpc) is 2.93. The van der Waals surface area contributed by atoms with E-state index >= 15 is 0 Å². The summed E-state index contributed by atoms with van der Waals surface area (Å²) in [7, 11) is 0. The fourth-order valence-electron chi connectivity index (χ4n) is 3.70. The number of rotatable bonds is 5. The number of aromatic nitrogens is 2. The third-order valence-electron chi connectivity index (χ3n) is 5.18. The highest BCUT2D eigenvalue weighted by molar-refractivity contribution is 5.94. The van der Waals surface area contributed by atoms with E-state index in [1.807, 2.05) is 35.9 Å². The van der Waals surface area contributed by atoms with Crippen molar-refractivity contribution in [3.63, 3.8) is 0 Å². The fraction of sp³-hybridized carbons (Fsp3) is 0.500. The van der Waals surface area contributed by atoms with Gasteiger partial charge in [-0.25, -0.2) is 0 Å². The molecule has 1 aliphatic rings. The van der Waals surface area contributed by atoms with E-state index in [1.165, 1.54) is 12.8 Å². The van der Waals surface area contributed by atoms with Gasteiger partial charge in [-0.3, -0.25) is 9.48 Å². The molecule has 0 spiro atoms. The Morgan fingerprint density at radius 2 is 1.96 bits per heavy atom. The molecule has 134 valence electrons. The Hall–Kier alpha value is -2.14. The second kappa shape index (κ2) is 7.83. The van der Waals surface area contributed by atoms with E-state index in [4.69, 9.17) is 5.73 Å². The number of hydrogen-bond donors (Lipinski definition) is 2. The summed E-state index contributed by atoms with van der Waals surface area (Å²) >= 11 is 0. The first-order valence-corrected chi connectivity index (χ1v) is 9.17. The molecule has 1 heterocycles. The molecule has 0 aliphatic heterocycles. The molecular formula is C20H28N4O. The molecule has 1 aromatic carbocycles. The number of carbonyl (C=O) groups is 1. The molecule has 1 fully saturated rings. The summed E-state index contributed by atoms with van der Waals surface area (Å²) in [5.74, 6) is 0.408. The van der Waals surface area contributed by atoms with Crippen molar-refractivity contribution in [3.05, 3.63) is 52.8 Å². The summed E-state index contributed by atoms with van der Waals surface area (Å²) in [5.41, 5.74) is 9.87. The van der Waals surface area contributed by atoms with Crippen molar-refractivity contribution in [3.8, 4) is 0 Å². The summed E-state index contributed by atoms with van der Waals surface area (Å²) in [5, 5.41) is 7.66. The zero-order chi connectivity index (χ0) is 17.8. The zero-order valence-corrected chi connectivity index (χ0v) is 15.2. The summed E-state index contributed by atoms with van der Waals surface area (Å²) in [6.45, 7) is 5.42. The van der Waals surface area contributed by atoms with Crippen LogP contribution in [-0.4, -0.2) is 28.3 Å². The number of aryl methyl sites for hydroxylation is 2. The molecule has 2 aromatic rings. The molecule has 25 heavy (non-hydrogen) atoms. The predicted molar refractivity (Wildman–Crippen MR) is 99.5 cm³/mol. The smallest absolute Gasteiger partial charge is 0.251 e. The second-order valence-electron chi connectivity index (χ2n) is 7.14. The van der Waals surface area contributed by atoms with Crippen LogP contribution in [0.3, 0.4) is 0 Å². The lowest BCUT2D eigenvalue weighted by molar-refractivity contribution is 0.0908. The number of nitrogens with one attached hydrogen (secondary N) is 1. The summed E-state index contributed by atoms with van der Waals surface area (Å²) in [6.07, 6.45) is 4.53. The summed E-state index contributed by atoms with van der Waals surface area (Å²) < 4.78 is 1.98. The van der Waals surface area contributed by atoms with Gasteiger partial charge in [-0.2, -0.15) is 5.10 Å². The van der Waals surface area contributed by atoms with Crippen LogP contribution in [0.15, 0.2) is 30.3 Å². The molecular weight excluding hydrogens is 312 g/mol. The van der Waals surface area contributed by atoms with E-state index in [0.717, 1.165) is 36.3 Å². The Labute approximate surface area is 149 Å². The van der Waals surface area contributed by atoms with E-state index in [1.54, 1.807) is 0 Å². The Bertz CT molecular complexity index is 720. The van der Waals surface area contributed by atoms with Crippen LogP contribution in [-0.2, 0) is 6.54 Å². The maximum atomic E-state index is 12.5. The van der Waals surface area contributed by atoms with Crippen molar-refractivity contribution in [2.75, 3.05) is 6.54 Å². The van der Waals surface area contributed by atoms with Crippen molar-refractivity contribution in [2.45, 2.75) is 52.1 Å². The lowest BCUT2D eigenvalue weighted by atomic mass is 9.84. The van der Waals surface area contributed by atoms with Gasteiger partial charge in [0.1, 0.15) is 0 Å². The van der Waals surface area contributed by atoms with Gasteiger partial charge in [0, 0.05) is 17.3 Å². The molecule has 1 aliphatic carbocycles. The maximum absolute atomic E-state index is 12.5. The molecule has 3 N–H and O–H groups in total. The van der Waals surface area contributed by atoms with Crippen LogP contribution in [0.2, 0.25) is 0 Å². The van der Waals surface area contributed by atoms with Crippen molar-refractivity contribution in [1.82, 2.24) is 15.1 Å². The van der Waals surface area contributed by atoms with Crippen LogP contribution < -0.4 is 11.1 Å². The minimum Gasteiger partial charge on any atom is -0.349 e. The lowest BCUT2D eigenvalue weighted by Crippen LogP contribution is -2.44. The molecule has 0 radical (unpaired) electrons. The monoisotopic (exact) mass is 340 g/mol. The van der Waals surface area contributed by atoms with Gasteiger partial charge >= 0.3 is 0 Å². The quantitative estimate of drug-likeness (QED) is 0.879. The molecule has 5 heteroatoms. The van der Waals surface area contributed by atoms with E-state index in [0.29, 0.717) is 18.0 Å². The SMILES string of the molecule is Cc1cc(C)n(Cc2ccc(C(=O)NC3CCCCC3CN)cc2)n1. The van der Waals surface area contributed by atoms with E-state index < -0.39 is 0 Å². The largest absolute Gasteiger partial charge is 0.349 e. The van der Waals surface area contributed by atoms with Crippen LogP contribution in [0.1, 0.15) is 53.0 Å². The predicted octanol–water partition coefficient (Wildman–Crippen LogP) is 2.80. The molecule has 0 saturated heterocycles. The van der Waals surface area contributed by atoms with Gasteiger partial charge in [-0.15, -0.1) is 0 Å². The topological polar surface area (TPSA) is 72.9 Å². The Morgan fingerprint density at radius 3 is 2.60 bits per heavy atom. The molecule has 5 nitrogen and oxygen atoms in total. The first kappa shape index (κ1) is 17.7. The average molecular weight is 340 g/mol. The fourth-order valence-corrected chi connectivity index (χ4v) is 3.70. The minimum absolute atomic E-state index is 0.00279. The van der Waals surface area contributed by atoms with Crippen molar-refractivity contribution in [1.29, 1.82) is 0 Å². The molecule has 3 rings (SSSR count). The van der Waals surface area contributed by atoms with Crippen molar-refractivity contribution >= 4 is 5.91 Å². The van der Waals surface area contributed by atoms with Crippen LogP contribution >= 0.6 is 0 Å². The van der Waals surface area contributed by atoms with Gasteiger partial charge in [0.05, 0.1) is 12.2 Å². The van der Waals surface area contributed by atoms with Crippen LogP contribution in [0, 0.1) is 19.8 Å². The van der Waals surface area contributed by atoms with E-state index in [9.17, 15) is 4.79 Å². The number of carbonyl (C=O) groups excluding carboxylic acids is 1. The molecule has 1 amide bonds. The van der Waals surface area contributed by atoms with Crippen molar-refractivity contribution in [2.24, 2.45) is 11.7 Å². The first-order chi connectivity index (χ1) is 12.1. The second-order valence-corrected chi connectivity index (χ2v) is 7.14. The van der Waals surface area contributed by atoms with Crippen LogP contribution in [0.5, 0.6) is 0 Å². The Kier molecular flexibility index (Phi) is 5.53. The number of nitrogens with two attached hydrogens (primary N) is 1. The third-order valence-corrected chi connectivity index (χ3v) is 5.18. The normalized spacial score (nSPS) is 20.4. The minimum atomic E-state index is 0.00279. The number of hydrogen-bond acceptors (Lipinski definition) is 3. The van der Waals surface area contributed by atoms with Crippen LogP contribution in [0.25, 0.3) is 0 Å². The maximum Gasteiger partial charge on any atom is 0.251 e.